The van der Waals surface area contributed by atoms with Crippen LogP contribution in [0.3, 0.4) is 0 Å². The van der Waals surface area contributed by atoms with Gasteiger partial charge in [0.15, 0.2) is 0 Å². The highest BCUT2D eigenvalue weighted by Gasteiger charge is 2.12. The number of nitrogens with zero attached hydrogens (tertiary/aromatic N) is 2. The fourth-order valence-electron chi connectivity index (χ4n) is 0.950. The van der Waals surface area contributed by atoms with Crippen molar-refractivity contribution >= 4 is 40.9 Å². The zero-order chi connectivity index (χ0) is 11.6. The maximum atomic E-state index is 10.7. The lowest BCUT2D eigenvalue weighted by Gasteiger charge is -1.97. The molecule has 1 heterocycles. The van der Waals surface area contributed by atoms with Crippen molar-refractivity contribution < 1.29 is 9.90 Å². The molecule has 0 radical (unpaired) electrons. The Hall–Kier alpha value is -1.40. The zero-order valence-electron chi connectivity index (χ0n) is 7.77. The third-order valence-corrected chi connectivity index (χ3v) is 2.10. The number of halogens is 1. The Balaban J connectivity index is 3.18. The molecule has 0 aliphatic heterocycles. The molecule has 0 spiro atoms. The standard InChI is InChI=1S/C8H8ClN3O2S/c1-12-3-5(9)6(11-12)2-4(7(10)15)8(13)14/h2-3H,1H3,(H2,10,15)(H,13,14)/b4-2-. The van der Waals surface area contributed by atoms with E-state index in [9.17, 15) is 4.79 Å². The van der Waals surface area contributed by atoms with Crippen molar-refractivity contribution in [2.45, 2.75) is 0 Å². The largest absolute Gasteiger partial charge is 0.478 e. The smallest absolute Gasteiger partial charge is 0.338 e. The summed E-state index contributed by atoms with van der Waals surface area (Å²) < 4.78 is 1.47. The number of aliphatic carboxylic acids is 1. The van der Waals surface area contributed by atoms with E-state index in [-0.39, 0.29) is 10.6 Å². The van der Waals surface area contributed by atoms with Gasteiger partial charge in [-0.25, -0.2) is 4.79 Å². The van der Waals surface area contributed by atoms with E-state index < -0.39 is 5.97 Å². The quantitative estimate of drug-likeness (QED) is 0.609. The van der Waals surface area contributed by atoms with Gasteiger partial charge in [-0.15, -0.1) is 0 Å². The van der Waals surface area contributed by atoms with Gasteiger partial charge in [-0.05, 0) is 6.08 Å². The number of carbonyl (C=O) groups is 1. The first-order chi connectivity index (χ1) is 6.91. The molecule has 0 aromatic carbocycles. The van der Waals surface area contributed by atoms with Crippen LogP contribution in [0.15, 0.2) is 11.8 Å². The molecule has 1 aromatic heterocycles. The molecule has 3 N–H and O–H groups in total. The summed E-state index contributed by atoms with van der Waals surface area (Å²) in [6, 6.07) is 0. The van der Waals surface area contributed by atoms with Crippen molar-refractivity contribution in [3.8, 4) is 0 Å². The van der Waals surface area contributed by atoms with Crippen LogP contribution in [0.5, 0.6) is 0 Å². The molecule has 0 saturated carbocycles. The molecule has 0 amide bonds. The van der Waals surface area contributed by atoms with Crippen molar-refractivity contribution in [3.63, 3.8) is 0 Å². The highest BCUT2D eigenvalue weighted by molar-refractivity contribution is 7.80. The van der Waals surface area contributed by atoms with E-state index in [4.69, 9.17) is 22.4 Å². The van der Waals surface area contributed by atoms with Gasteiger partial charge in [0.2, 0.25) is 0 Å². The third kappa shape index (κ3) is 2.77. The lowest BCUT2D eigenvalue weighted by molar-refractivity contribution is -0.131. The number of hydrogen-bond acceptors (Lipinski definition) is 3. The molecule has 0 atom stereocenters. The first kappa shape index (κ1) is 11.7. The summed E-state index contributed by atoms with van der Waals surface area (Å²) in [7, 11) is 1.67. The van der Waals surface area contributed by atoms with Gasteiger partial charge in [-0.2, -0.15) is 5.10 Å². The number of carboxylic acids is 1. The maximum Gasteiger partial charge on any atom is 0.338 e. The Morgan fingerprint density at radius 1 is 1.80 bits per heavy atom. The highest BCUT2D eigenvalue weighted by Crippen LogP contribution is 2.16. The number of carboxylic acid groups (broad SMARTS) is 1. The van der Waals surface area contributed by atoms with Gasteiger partial charge in [0.1, 0.15) is 10.7 Å². The molecule has 80 valence electrons. The SMILES string of the molecule is Cn1cc(Cl)c(/C=C(\C(=O)O)C(N)=S)n1. The second kappa shape index (κ2) is 4.41. The van der Waals surface area contributed by atoms with Gasteiger partial charge in [0, 0.05) is 13.2 Å². The number of aryl methyl sites for hydroxylation is 1. The van der Waals surface area contributed by atoms with Crippen LogP contribution in [0.4, 0.5) is 0 Å². The molecule has 0 bridgehead atoms. The van der Waals surface area contributed by atoms with E-state index in [1.165, 1.54) is 10.8 Å². The van der Waals surface area contributed by atoms with E-state index in [1.807, 2.05) is 0 Å². The number of rotatable bonds is 3. The summed E-state index contributed by atoms with van der Waals surface area (Å²) in [4.78, 5) is 10.5. The molecule has 7 heteroatoms. The Morgan fingerprint density at radius 3 is 2.73 bits per heavy atom. The fraction of sp³-hybridized carbons (Fsp3) is 0.125. The molecule has 1 rings (SSSR count). The highest BCUT2D eigenvalue weighted by atomic mass is 35.5. The van der Waals surface area contributed by atoms with Gasteiger partial charge in [0.05, 0.1) is 10.6 Å². The monoisotopic (exact) mass is 245 g/mol. The van der Waals surface area contributed by atoms with Crippen LogP contribution < -0.4 is 5.73 Å². The minimum Gasteiger partial charge on any atom is -0.478 e. The molecule has 0 aliphatic carbocycles. The van der Waals surface area contributed by atoms with Crippen LogP contribution in [0, 0.1) is 0 Å². The summed E-state index contributed by atoms with van der Waals surface area (Å²) in [5.41, 5.74) is 5.38. The molecular weight excluding hydrogens is 238 g/mol. The molecule has 0 unspecified atom stereocenters. The Bertz CT molecular complexity index is 437. The van der Waals surface area contributed by atoms with Gasteiger partial charge >= 0.3 is 5.97 Å². The van der Waals surface area contributed by atoms with Gasteiger partial charge in [-0.1, -0.05) is 23.8 Å². The maximum absolute atomic E-state index is 10.7. The predicted octanol–water partition coefficient (Wildman–Crippen LogP) is 0.828. The van der Waals surface area contributed by atoms with Crippen molar-refractivity contribution in [1.29, 1.82) is 0 Å². The summed E-state index contributed by atoms with van der Waals surface area (Å²) in [5.74, 6) is -1.20. The fourth-order valence-corrected chi connectivity index (χ4v) is 1.33. The van der Waals surface area contributed by atoms with Crippen LogP contribution >= 0.6 is 23.8 Å². The minimum absolute atomic E-state index is 0.189. The van der Waals surface area contributed by atoms with Crippen molar-refractivity contribution in [1.82, 2.24) is 9.78 Å². The first-order valence-electron chi connectivity index (χ1n) is 3.85. The van der Waals surface area contributed by atoms with Crippen molar-refractivity contribution in [2.75, 3.05) is 0 Å². The van der Waals surface area contributed by atoms with Crippen molar-refractivity contribution in [2.24, 2.45) is 12.8 Å². The van der Waals surface area contributed by atoms with E-state index >= 15 is 0 Å². The summed E-state index contributed by atoms with van der Waals surface area (Å²) in [6.45, 7) is 0. The van der Waals surface area contributed by atoms with Crippen molar-refractivity contribution in [3.05, 3.63) is 22.5 Å². The van der Waals surface area contributed by atoms with E-state index in [0.717, 1.165) is 0 Å². The van der Waals surface area contributed by atoms with E-state index in [1.54, 1.807) is 13.2 Å². The average Bonchev–Trinajstić information content (AvgIpc) is 2.39. The number of aromatic nitrogens is 2. The lowest BCUT2D eigenvalue weighted by atomic mass is 10.2. The molecule has 0 aliphatic rings. The van der Waals surface area contributed by atoms with Gasteiger partial charge in [-0.3, -0.25) is 4.68 Å². The number of thiocarbonyl (C=S) groups is 1. The van der Waals surface area contributed by atoms with Crippen LogP contribution in [-0.2, 0) is 11.8 Å². The third-order valence-electron chi connectivity index (χ3n) is 1.59. The lowest BCUT2D eigenvalue weighted by Crippen LogP contribution is -2.18. The average molecular weight is 246 g/mol. The van der Waals surface area contributed by atoms with Crippen LogP contribution in [-0.4, -0.2) is 25.8 Å². The molecular formula is C8H8ClN3O2S. The molecule has 0 saturated heterocycles. The second-order valence-electron chi connectivity index (χ2n) is 2.76. The summed E-state index contributed by atoms with van der Waals surface area (Å²) in [5, 5.41) is 13.1. The Morgan fingerprint density at radius 2 is 2.40 bits per heavy atom. The van der Waals surface area contributed by atoms with Crippen LogP contribution in [0.2, 0.25) is 5.02 Å². The first-order valence-corrected chi connectivity index (χ1v) is 4.64. The van der Waals surface area contributed by atoms with E-state index in [0.29, 0.717) is 10.7 Å². The summed E-state index contributed by atoms with van der Waals surface area (Å²) in [6.07, 6.45) is 2.79. The normalized spacial score (nSPS) is 11.5. The molecule has 15 heavy (non-hydrogen) atoms. The second-order valence-corrected chi connectivity index (χ2v) is 3.61. The number of nitrogens with two attached hydrogens (primary N) is 1. The van der Waals surface area contributed by atoms with E-state index in [2.05, 4.69) is 17.3 Å². The van der Waals surface area contributed by atoms with Gasteiger partial charge < -0.3 is 10.8 Å². The van der Waals surface area contributed by atoms with Crippen LogP contribution in [0.1, 0.15) is 5.69 Å². The van der Waals surface area contributed by atoms with Gasteiger partial charge in [0.25, 0.3) is 0 Å². The zero-order valence-corrected chi connectivity index (χ0v) is 9.34. The molecule has 5 nitrogen and oxygen atoms in total. The molecule has 0 fully saturated rings. The number of hydrogen-bond donors (Lipinski definition) is 2. The summed E-state index contributed by atoms with van der Waals surface area (Å²) >= 11 is 10.4. The minimum atomic E-state index is -1.20. The topological polar surface area (TPSA) is 81.1 Å². The van der Waals surface area contributed by atoms with Crippen LogP contribution in [0.25, 0.3) is 6.08 Å². The predicted molar refractivity (Wildman–Crippen MR) is 60.6 cm³/mol. The molecule has 1 aromatic rings. The Kier molecular flexibility index (Phi) is 3.43. The Labute approximate surface area is 96.1 Å².